The van der Waals surface area contributed by atoms with Crippen LogP contribution in [0.3, 0.4) is 0 Å². The third-order valence-corrected chi connectivity index (χ3v) is 13.4. The van der Waals surface area contributed by atoms with E-state index in [1.807, 2.05) is 0 Å². The van der Waals surface area contributed by atoms with Gasteiger partial charge in [-0.15, -0.1) is 0 Å². The van der Waals surface area contributed by atoms with Gasteiger partial charge in [-0.25, -0.2) is 0 Å². The summed E-state index contributed by atoms with van der Waals surface area (Å²) >= 11 is 0. The zero-order valence-electron chi connectivity index (χ0n) is 30.4. The monoisotopic (exact) mass is 704 g/mol. The lowest BCUT2D eigenvalue weighted by molar-refractivity contribution is 1.15. The molecule has 0 bridgehead atoms. The topological polar surface area (TPSA) is 9.34 Å². The molecule has 2 nitrogen and oxygen atoms in total. The second-order valence-corrected chi connectivity index (χ2v) is 15.9. The van der Waals surface area contributed by atoms with E-state index in [1.54, 1.807) is 0 Å². The third kappa shape index (κ3) is 3.40. The number of fused-ring (bicyclic) bond motifs is 14. The first kappa shape index (κ1) is 29.3. The summed E-state index contributed by atoms with van der Waals surface area (Å²) in [4.78, 5) is 0. The Balaban J connectivity index is 1.29. The van der Waals surface area contributed by atoms with Crippen LogP contribution in [0.25, 0.3) is 87.5 Å². The van der Waals surface area contributed by atoms with Gasteiger partial charge in [0.05, 0.1) is 27.6 Å². The van der Waals surface area contributed by atoms with Crippen LogP contribution in [0.1, 0.15) is 0 Å². The van der Waals surface area contributed by atoms with Crippen molar-refractivity contribution in [3.8, 4) is 16.8 Å². The average molecular weight is 704 g/mol. The molecule has 0 unspecified atom stereocenters. The zero-order valence-corrected chi connectivity index (χ0v) is 30.4. The van der Waals surface area contributed by atoms with E-state index in [-0.39, 0.29) is 13.4 Å². The van der Waals surface area contributed by atoms with Crippen LogP contribution >= 0.6 is 0 Å². The van der Waals surface area contributed by atoms with Crippen LogP contribution in [0.5, 0.6) is 0 Å². The molecule has 14 rings (SSSR count). The van der Waals surface area contributed by atoms with Gasteiger partial charge < -0.3 is 8.97 Å². The van der Waals surface area contributed by atoms with Crippen molar-refractivity contribution < 1.29 is 0 Å². The molecule has 10 aromatic carbocycles. The number of aromatic nitrogens is 2. The maximum absolute atomic E-state index is 2.59. The van der Waals surface area contributed by atoms with Crippen LogP contribution in [0, 0.1) is 0 Å². The number of benzene rings is 10. The van der Waals surface area contributed by atoms with Gasteiger partial charge >= 0.3 is 0 Å². The van der Waals surface area contributed by atoms with E-state index in [1.165, 1.54) is 120 Å². The van der Waals surface area contributed by atoms with Gasteiger partial charge in [0.1, 0.15) is 0 Å². The largest absolute Gasteiger partial charge is 0.306 e. The average Bonchev–Trinajstić information content (AvgIpc) is 3.79. The van der Waals surface area contributed by atoms with Gasteiger partial charge in [-0.2, -0.15) is 0 Å². The molecule has 254 valence electrons. The molecule has 0 N–H and O–H groups in total. The first-order chi connectivity index (χ1) is 27.9. The number of nitrogens with zero attached hydrogens (tertiary/aromatic N) is 2. The Morgan fingerprint density at radius 3 is 1.70 bits per heavy atom. The molecule has 12 aromatic rings. The Hall–Kier alpha value is -7.03. The van der Waals surface area contributed by atoms with Gasteiger partial charge in [-0.05, 0) is 56.9 Å². The van der Waals surface area contributed by atoms with Crippen LogP contribution in [0.15, 0.2) is 182 Å². The lowest BCUT2D eigenvalue weighted by Crippen LogP contribution is -2.74. The van der Waals surface area contributed by atoms with Gasteiger partial charge in [0, 0.05) is 27.2 Å². The normalized spacial score (nSPS) is 13.3. The molecule has 0 spiro atoms. The van der Waals surface area contributed by atoms with Crippen molar-refractivity contribution in [2.75, 3.05) is 0 Å². The molecule has 2 aliphatic heterocycles. The summed E-state index contributed by atoms with van der Waals surface area (Å²) in [6.07, 6.45) is 0. The lowest BCUT2D eigenvalue weighted by atomic mass is 9.21. The van der Waals surface area contributed by atoms with Gasteiger partial charge in [0.25, 0.3) is 0 Å². The van der Waals surface area contributed by atoms with Gasteiger partial charge in [0.2, 0.25) is 13.4 Å². The van der Waals surface area contributed by atoms with Gasteiger partial charge in [0.15, 0.2) is 0 Å². The quantitative estimate of drug-likeness (QED) is 0.0972. The van der Waals surface area contributed by atoms with Crippen LogP contribution in [-0.2, 0) is 0 Å². The fourth-order valence-corrected chi connectivity index (χ4v) is 11.5. The number of para-hydroxylation sites is 3. The van der Waals surface area contributed by atoms with Crippen molar-refractivity contribution in [1.29, 1.82) is 0 Å². The summed E-state index contributed by atoms with van der Waals surface area (Å²) < 4.78 is 5.14. The smallest absolute Gasteiger partial charge is 0.242 e. The minimum absolute atomic E-state index is 0.0933. The molecule has 2 aliphatic rings. The van der Waals surface area contributed by atoms with E-state index in [9.17, 15) is 0 Å². The third-order valence-electron chi connectivity index (χ3n) is 13.4. The van der Waals surface area contributed by atoms with Crippen LogP contribution in [0.4, 0.5) is 0 Å². The van der Waals surface area contributed by atoms with Crippen LogP contribution in [-0.4, -0.2) is 22.4 Å². The Labute approximate surface area is 323 Å². The molecule has 0 saturated carbocycles. The van der Waals surface area contributed by atoms with E-state index < -0.39 is 0 Å². The minimum Gasteiger partial charge on any atom is -0.306 e. The Morgan fingerprint density at radius 2 is 0.875 bits per heavy atom. The molecule has 0 aliphatic carbocycles. The highest BCUT2D eigenvalue weighted by molar-refractivity contribution is 7.14. The fraction of sp³-hybridized carbons (Fsp3) is 0. The molecular formula is C52H30B2N2. The Morgan fingerprint density at radius 1 is 0.321 bits per heavy atom. The summed E-state index contributed by atoms with van der Waals surface area (Å²) in [7, 11) is 0. The van der Waals surface area contributed by atoms with E-state index in [4.69, 9.17) is 0 Å². The molecule has 0 fully saturated rings. The second kappa shape index (κ2) is 10.4. The lowest BCUT2D eigenvalue weighted by Gasteiger charge is -2.34. The predicted octanol–water partition coefficient (Wildman–Crippen LogP) is 8.41. The van der Waals surface area contributed by atoms with Crippen molar-refractivity contribution >= 4 is 117 Å². The standard InChI is InChI=1S/C52H30B2N2/c1-3-15-31(16-4-1)53-42-28-13-21-35-33-19-7-9-27-41(33)54(47(35)42)49-38-24-12-26-40-46(38)45-37(48(49)53)23-11-25-39(45)51-52(40)56-43-29-10-8-20-34(43)36-22-14-30-44(50(36)56)55(51)32-17-5-2-6-18-32/h1-30H. The highest BCUT2D eigenvalue weighted by Gasteiger charge is 2.46. The molecule has 56 heavy (non-hydrogen) atoms. The highest BCUT2D eigenvalue weighted by atomic mass is 15.0. The maximum atomic E-state index is 2.59. The first-order valence-electron chi connectivity index (χ1n) is 19.8. The predicted molar refractivity (Wildman–Crippen MR) is 241 cm³/mol. The maximum Gasteiger partial charge on any atom is 0.242 e. The summed E-state index contributed by atoms with van der Waals surface area (Å²) in [6.45, 7) is 0.244. The molecule has 0 atom stereocenters. The van der Waals surface area contributed by atoms with E-state index >= 15 is 0 Å². The molecule has 0 saturated heterocycles. The molecule has 4 heteroatoms. The molecule has 0 amide bonds. The van der Waals surface area contributed by atoms with Gasteiger partial charge in [-0.1, -0.05) is 191 Å². The number of hydrogen-bond acceptors (Lipinski definition) is 0. The second-order valence-electron chi connectivity index (χ2n) is 15.9. The SMILES string of the molecule is c1ccc(B2c3cccc4c3B(c3ccccc3-4)c3c2c2cccc4c2c2c3cccc2c2c4n(-c3ccccc3)c3cccc4c5ccccc5n2c43)cc1. The van der Waals surface area contributed by atoms with E-state index in [2.05, 4.69) is 191 Å². The van der Waals surface area contributed by atoms with Crippen molar-refractivity contribution in [2.45, 2.75) is 0 Å². The van der Waals surface area contributed by atoms with Crippen molar-refractivity contribution in [2.24, 2.45) is 0 Å². The zero-order chi connectivity index (χ0) is 36.2. The summed E-state index contributed by atoms with van der Waals surface area (Å²) in [5.74, 6) is 0. The summed E-state index contributed by atoms with van der Waals surface area (Å²) in [6, 6.07) is 68.6. The highest BCUT2D eigenvalue weighted by Crippen LogP contribution is 2.45. The fourth-order valence-electron chi connectivity index (χ4n) is 11.5. The summed E-state index contributed by atoms with van der Waals surface area (Å²) in [5.41, 5.74) is 18.7. The first-order valence-corrected chi connectivity index (χ1v) is 19.8. The molecule has 4 heterocycles. The summed E-state index contributed by atoms with van der Waals surface area (Å²) in [5, 5.41) is 10.6. The number of rotatable bonds is 2. The van der Waals surface area contributed by atoms with E-state index in [0.717, 1.165) is 0 Å². The van der Waals surface area contributed by atoms with Crippen molar-refractivity contribution in [3.05, 3.63) is 182 Å². The molecule has 2 aromatic heterocycles. The van der Waals surface area contributed by atoms with Crippen molar-refractivity contribution in [3.63, 3.8) is 0 Å². The number of hydrogen-bond donors (Lipinski definition) is 0. The Kier molecular flexibility index (Phi) is 5.44. The minimum atomic E-state index is 0.0933. The van der Waals surface area contributed by atoms with Gasteiger partial charge in [-0.3, -0.25) is 0 Å². The van der Waals surface area contributed by atoms with Crippen LogP contribution < -0.4 is 32.8 Å². The molecule has 0 radical (unpaired) electrons. The van der Waals surface area contributed by atoms with Crippen LogP contribution in [0.2, 0.25) is 0 Å². The Bertz CT molecular complexity index is 3650. The van der Waals surface area contributed by atoms with E-state index in [0.29, 0.717) is 0 Å². The molecular weight excluding hydrogens is 674 g/mol. The van der Waals surface area contributed by atoms with Crippen molar-refractivity contribution in [1.82, 2.24) is 8.97 Å².